The third kappa shape index (κ3) is 5.72. The zero-order valence-corrected chi connectivity index (χ0v) is 16.9. The maximum Gasteiger partial charge on any atom is 0.244 e. The first-order valence-electron chi connectivity index (χ1n) is 8.78. The van der Waals surface area contributed by atoms with E-state index in [0.29, 0.717) is 5.16 Å². The van der Waals surface area contributed by atoms with Gasteiger partial charge in [-0.25, -0.2) is 5.10 Å². The molecule has 0 saturated heterocycles. The van der Waals surface area contributed by atoms with E-state index >= 15 is 0 Å². The van der Waals surface area contributed by atoms with Gasteiger partial charge in [0.2, 0.25) is 22.9 Å². The highest BCUT2D eigenvalue weighted by Gasteiger charge is 2.22. The molecule has 1 atom stereocenters. The van der Waals surface area contributed by atoms with E-state index in [4.69, 9.17) is 5.73 Å². The molecule has 1 aromatic carbocycles. The Kier molecular flexibility index (Phi) is 7.23. The van der Waals surface area contributed by atoms with Crippen molar-refractivity contribution >= 4 is 35.2 Å². The van der Waals surface area contributed by atoms with Gasteiger partial charge in [0, 0.05) is 11.7 Å². The number of nitrogens with two attached hydrogens (primary N) is 1. The Labute approximate surface area is 163 Å². The van der Waals surface area contributed by atoms with Gasteiger partial charge in [-0.1, -0.05) is 30.8 Å². The van der Waals surface area contributed by atoms with E-state index in [1.807, 2.05) is 45.9 Å². The molecule has 2 rings (SSSR count). The first kappa shape index (κ1) is 20.8. The predicted molar refractivity (Wildman–Crippen MR) is 108 cm³/mol. The minimum Gasteiger partial charge on any atom is -0.368 e. The lowest BCUT2D eigenvalue weighted by Crippen LogP contribution is -2.44. The van der Waals surface area contributed by atoms with Gasteiger partial charge in [-0.15, -0.1) is 5.10 Å². The summed E-state index contributed by atoms with van der Waals surface area (Å²) in [6.07, 6.45) is 0.751. The number of aryl methyl sites for hydroxylation is 1. The number of hydrogen-bond donors (Lipinski definition) is 3. The van der Waals surface area contributed by atoms with Gasteiger partial charge in [0.05, 0.1) is 5.75 Å². The van der Waals surface area contributed by atoms with Crippen molar-refractivity contribution in [2.24, 2.45) is 0 Å². The molecular weight excluding hydrogens is 364 g/mol. The summed E-state index contributed by atoms with van der Waals surface area (Å²) >= 11 is 1.18. The molecule has 0 aliphatic rings. The monoisotopic (exact) mass is 390 g/mol. The molecule has 0 fully saturated rings. The first-order valence-corrected chi connectivity index (χ1v) is 9.76. The molecule has 1 heterocycles. The fraction of sp³-hybridized carbons (Fsp3) is 0.444. The van der Waals surface area contributed by atoms with Crippen molar-refractivity contribution < 1.29 is 9.59 Å². The molecule has 2 aromatic rings. The van der Waals surface area contributed by atoms with Crippen LogP contribution in [0.5, 0.6) is 0 Å². The van der Waals surface area contributed by atoms with Gasteiger partial charge >= 0.3 is 0 Å². The number of carbonyl (C=O) groups excluding carboxylic acids is 2. The molecule has 0 unspecified atom stereocenters. The number of rotatable bonds is 8. The van der Waals surface area contributed by atoms with Crippen LogP contribution < -0.4 is 11.1 Å². The number of benzene rings is 1. The quantitative estimate of drug-likeness (QED) is 0.596. The predicted octanol–water partition coefficient (Wildman–Crippen LogP) is 2.36. The topological polar surface area (TPSA) is 117 Å². The van der Waals surface area contributed by atoms with Crippen LogP contribution in [0.2, 0.25) is 0 Å². The van der Waals surface area contributed by atoms with Gasteiger partial charge in [0.1, 0.15) is 6.54 Å². The summed E-state index contributed by atoms with van der Waals surface area (Å²) in [6, 6.07) is 5.70. The molecular formula is C18H26N6O2S. The summed E-state index contributed by atoms with van der Waals surface area (Å²) in [7, 11) is 0. The van der Waals surface area contributed by atoms with Gasteiger partial charge in [-0.05, 0) is 44.4 Å². The molecule has 0 spiro atoms. The molecule has 9 heteroatoms. The Hall–Kier alpha value is -2.55. The van der Waals surface area contributed by atoms with E-state index in [9.17, 15) is 9.59 Å². The largest absolute Gasteiger partial charge is 0.368 e. The van der Waals surface area contributed by atoms with Crippen molar-refractivity contribution in [1.82, 2.24) is 20.1 Å². The minimum absolute atomic E-state index is 0.00207. The molecule has 0 saturated carbocycles. The molecule has 2 amide bonds. The van der Waals surface area contributed by atoms with E-state index in [-0.39, 0.29) is 36.1 Å². The van der Waals surface area contributed by atoms with Crippen LogP contribution in [0.25, 0.3) is 0 Å². The Balaban J connectivity index is 2.01. The molecule has 0 bridgehead atoms. The summed E-state index contributed by atoms with van der Waals surface area (Å²) in [5.41, 5.74) is 8.37. The number of nitrogens with one attached hydrogen (secondary N) is 2. The second-order valence-electron chi connectivity index (χ2n) is 6.37. The standard InChI is InChI=1S/C18H26N6O2S/c1-5-12(3)24(16(26)10-27-18-21-17(19)22-23-18)9-15(25)20-14-8-6-7-11(2)13(14)4/h6-8,12H,5,9-10H2,1-4H3,(H,20,25)(H3,19,21,22,23)/t12-/m1/s1. The first-order chi connectivity index (χ1) is 12.8. The Morgan fingerprint density at radius 1 is 1.37 bits per heavy atom. The summed E-state index contributed by atoms with van der Waals surface area (Å²) < 4.78 is 0. The lowest BCUT2D eigenvalue weighted by molar-refractivity contribution is -0.134. The Bertz CT molecular complexity index is 807. The fourth-order valence-electron chi connectivity index (χ4n) is 2.47. The summed E-state index contributed by atoms with van der Waals surface area (Å²) in [5.74, 6) is -0.0202. The van der Waals surface area contributed by atoms with E-state index in [1.54, 1.807) is 4.90 Å². The van der Waals surface area contributed by atoms with Crippen LogP contribution in [0.4, 0.5) is 11.6 Å². The van der Waals surface area contributed by atoms with E-state index in [0.717, 1.165) is 23.2 Å². The second kappa shape index (κ2) is 9.40. The number of hydrogen-bond acceptors (Lipinski definition) is 6. The lowest BCUT2D eigenvalue weighted by Gasteiger charge is -2.28. The zero-order valence-electron chi connectivity index (χ0n) is 16.1. The summed E-state index contributed by atoms with van der Waals surface area (Å²) in [4.78, 5) is 30.7. The summed E-state index contributed by atoms with van der Waals surface area (Å²) in [5, 5.41) is 9.74. The molecule has 0 aliphatic heterocycles. The van der Waals surface area contributed by atoms with Crippen LogP contribution in [0, 0.1) is 13.8 Å². The fourth-order valence-corrected chi connectivity index (χ4v) is 3.16. The van der Waals surface area contributed by atoms with Crippen molar-refractivity contribution in [3.63, 3.8) is 0 Å². The molecule has 8 nitrogen and oxygen atoms in total. The molecule has 0 radical (unpaired) electrons. The highest BCUT2D eigenvalue weighted by molar-refractivity contribution is 7.99. The SMILES string of the molecule is CC[C@@H](C)N(CC(=O)Nc1cccc(C)c1C)C(=O)CSc1n[nH]c(N)n1. The van der Waals surface area contributed by atoms with Crippen molar-refractivity contribution in [2.45, 2.75) is 45.3 Å². The average Bonchev–Trinajstić information content (AvgIpc) is 3.06. The normalized spacial score (nSPS) is 11.9. The Morgan fingerprint density at radius 3 is 2.74 bits per heavy atom. The number of thioether (sulfide) groups is 1. The highest BCUT2D eigenvalue weighted by Crippen LogP contribution is 2.19. The Morgan fingerprint density at radius 2 is 2.11 bits per heavy atom. The number of H-pyrrole nitrogens is 1. The maximum absolute atomic E-state index is 12.7. The number of nitrogens with zero attached hydrogens (tertiary/aromatic N) is 3. The molecule has 27 heavy (non-hydrogen) atoms. The van der Waals surface area contributed by atoms with E-state index < -0.39 is 0 Å². The van der Waals surface area contributed by atoms with Gasteiger partial charge < -0.3 is 16.0 Å². The van der Waals surface area contributed by atoms with Crippen LogP contribution in [0.1, 0.15) is 31.4 Å². The second-order valence-corrected chi connectivity index (χ2v) is 7.31. The van der Waals surface area contributed by atoms with Gasteiger partial charge in [-0.2, -0.15) is 4.98 Å². The average molecular weight is 391 g/mol. The number of aromatic nitrogens is 3. The van der Waals surface area contributed by atoms with Gasteiger partial charge in [0.25, 0.3) is 0 Å². The number of carbonyl (C=O) groups is 2. The maximum atomic E-state index is 12.7. The van der Waals surface area contributed by atoms with Crippen LogP contribution in [-0.2, 0) is 9.59 Å². The molecule has 0 aliphatic carbocycles. The van der Waals surface area contributed by atoms with Crippen molar-refractivity contribution in [3.8, 4) is 0 Å². The van der Waals surface area contributed by atoms with Crippen molar-refractivity contribution in [1.29, 1.82) is 0 Å². The van der Waals surface area contributed by atoms with Crippen LogP contribution >= 0.6 is 11.8 Å². The number of anilines is 2. The summed E-state index contributed by atoms with van der Waals surface area (Å²) in [6.45, 7) is 7.86. The molecule has 4 N–H and O–H groups in total. The lowest BCUT2D eigenvalue weighted by atomic mass is 10.1. The third-order valence-electron chi connectivity index (χ3n) is 4.44. The van der Waals surface area contributed by atoms with E-state index in [1.165, 1.54) is 11.8 Å². The van der Waals surface area contributed by atoms with E-state index in [2.05, 4.69) is 20.5 Å². The third-order valence-corrected chi connectivity index (χ3v) is 5.27. The van der Waals surface area contributed by atoms with Gasteiger partial charge in [0.15, 0.2) is 0 Å². The smallest absolute Gasteiger partial charge is 0.244 e. The van der Waals surface area contributed by atoms with Gasteiger partial charge in [-0.3, -0.25) is 9.59 Å². The zero-order chi connectivity index (χ0) is 20.0. The highest BCUT2D eigenvalue weighted by atomic mass is 32.2. The van der Waals surface area contributed by atoms with Crippen LogP contribution in [0.3, 0.4) is 0 Å². The molecule has 146 valence electrons. The van der Waals surface area contributed by atoms with Crippen molar-refractivity contribution in [2.75, 3.05) is 23.3 Å². The van der Waals surface area contributed by atoms with Crippen LogP contribution in [0.15, 0.2) is 23.4 Å². The number of amides is 2. The van der Waals surface area contributed by atoms with Crippen molar-refractivity contribution in [3.05, 3.63) is 29.3 Å². The van der Waals surface area contributed by atoms with Crippen LogP contribution in [-0.4, -0.2) is 50.2 Å². The number of nitrogen functional groups attached to an aromatic ring is 1. The number of aromatic amines is 1. The molecule has 1 aromatic heterocycles. The minimum atomic E-state index is -0.218.